The van der Waals surface area contributed by atoms with Crippen molar-refractivity contribution < 1.29 is 4.79 Å². The molecule has 0 radical (unpaired) electrons. The fourth-order valence-corrected chi connectivity index (χ4v) is 3.75. The molecule has 1 aliphatic rings. The Labute approximate surface area is 156 Å². The summed E-state index contributed by atoms with van der Waals surface area (Å²) in [5.41, 5.74) is 1.95. The van der Waals surface area contributed by atoms with Crippen LogP contribution in [-0.4, -0.2) is 27.6 Å². The van der Waals surface area contributed by atoms with Crippen LogP contribution in [0.5, 0.6) is 0 Å². The van der Waals surface area contributed by atoms with Gasteiger partial charge in [0.05, 0.1) is 0 Å². The first-order chi connectivity index (χ1) is 12.5. The largest absolute Gasteiger partial charge is 0.352 e. The molecule has 1 fully saturated rings. The van der Waals surface area contributed by atoms with Gasteiger partial charge in [-0.25, -0.2) is 4.98 Å². The van der Waals surface area contributed by atoms with Crippen molar-refractivity contribution in [2.24, 2.45) is 11.3 Å². The summed E-state index contributed by atoms with van der Waals surface area (Å²) in [5.74, 6) is 2.18. The van der Waals surface area contributed by atoms with Gasteiger partial charge >= 0.3 is 0 Å². The van der Waals surface area contributed by atoms with Crippen LogP contribution < -0.4 is 5.32 Å². The topological polar surface area (TPSA) is 70.7 Å². The van der Waals surface area contributed by atoms with Crippen molar-refractivity contribution in [3.05, 3.63) is 35.7 Å². The Morgan fingerprint density at radius 1 is 1.31 bits per heavy atom. The minimum Gasteiger partial charge on any atom is -0.352 e. The van der Waals surface area contributed by atoms with Gasteiger partial charge in [0.2, 0.25) is 0 Å². The molecule has 0 bridgehead atoms. The van der Waals surface area contributed by atoms with E-state index in [2.05, 4.69) is 41.3 Å². The molecule has 0 saturated heterocycles. The number of benzene rings is 1. The number of carbonyl (C=O) groups excluding carboxylic acids is 1. The Morgan fingerprint density at radius 2 is 2.08 bits per heavy atom. The van der Waals surface area contributed by atoms with Gasteiger partial charge in [0.25, 0.3) is 5.91 Å². The van der Waals surface area contributed by atoms with Gasteiger partial charge in [-0.1, -0.05) is 45.7 Å². The van der Waals surface area contributed by atoms with Crippen LogP contribution in [0.1, 0.15) is 69.1 Å². The Hall–Kier alpha value is -2.17. The fraction of sp³-hybridized carbons (Fsp3) is 0.571. The van der Waals surface area contributed by atoms with Crippen LogP contribution in [0, 0.1) is 11.3 Å². The predicted octanol–water partition coefficient (Wildman–Crippen LogP) is 4.37. The lowest BCUT2D eigenvalue weighted by Crippen LogP contribution is -2.33. The van der Waals surface area contributed by atoms with E-state index in [1.54, 1.807) is 0 Å². The van der Waals surface area contributed by atoms with Crippen LogP contribution in [0.2, 0.25) is 0 Å². The third-order valence-electron chi connectivity index (χ3n) is 5.69. The minimum absolute atomic E-state index is 0.00197. The van der Waals surface area contributed by atoms with E-state index in [9.17, 15) is 4.79 Å². The molecule has 1 atom stereocenters. The second-order valence-corrected chi connectivity index (χ2v) is 8.07. The second kappa shape index (κ2) is 8.02. The summed E-state index contributed by atoms with van der Waals surface area (Å²) < 4.78 is 0. The number of nitrogens with zero attached hydrogens (tertiary/aromatic N) is 2. The minimum atomic E-state index is -0.00197. The lowest BCUT2D eigenvalue weighted by molar-refractivity contribution is 0.0937. The zero-order chi connectivity index (χ0) is 18.6. The number of rotatable bonds is 7. The number of aryl methyl sites for hydroxylation is 1. The van der Waals surface area contributed by atoms with E-state index in [0.717, 1.165) is 37.2 Å². The Bertz CT molecular complexity index is 733. The normalized spacial score (nSPS) is 18.8. The van der Waals surface area contributed by atoms with Gasteiger partial charge < -0.3 is 5.32 Å². The molecule has 140 valence electrons. The predicted molar refractivity (Wildman–Crippen MR) is 104 cm³/mol. The standard InChI is InChI=1S/C21H30N4O/c1-4-5-8-18-23-19(25-24-18)15-9-11-16(12-10-15)20(26)22-14-17-7-6-13-21(17,2)3/h9-12,17H,4-8,13-14H2,1-3H3,(H,22,26)(H,23,24,25)/t17-/m0/s1. The number of amides is 1. The maximum Gasteiger partial charge on any atom is 0.251 e. The quantitative estimate of drug-likeness (QED) is 0.775. The molecular formula is C21H30N4O. The lowest BCUT2D eigenvalue weighted by Gasteiger charge is -2.27. The van der Waals surface area contributed by atoms with Crippen LogP contribution in [-0.2, 0) is 6.42 Å². The molecule has 1 aromatic heterocycles. The molecule has 1 saturated carbocycles. The molecule has 2 N–H and O–H groups in total. The Balaban J connectivity index is 1.58. The van der Waals surface area contributed by atoms with Crippen molar-refractivity contribution in [1.29, 1.82) is 0 Å². The molecule has 5 nitrogen and oxygen atoms in total. The van der Waals surface area contributed by atoms with E-state index in [4.69, 9.17) is 0 Å². The average Bonchev–Trinajstić information content (AvgIpc) is 3.24. The summed E-state index contributed by atoms with van der Waals surface area (Å²) in [6.07, 6.45) is 6.88. The second-order valence-electron chi connectivity index (χ2n) is 8.07. The van der Waals surface area contributed by atoms with E-state index in [1.165, 1.54) is 19.3 Å². The van der Waals surface area contributed by atoms with E-state index in [0.29, 0.717) is 22.7 Å². The Kier molecular flexibility index (Phi) is 5.74. The highest BCUT2D eigenvalue weighted by molar-refractivity contribution is 5.94. The zero-order valence-corrected chi connectivity index (χ0v) is 16.1. The van der Waals surface area contributed by atoms with Gasteiger partial charge in [-0.05, 0) is 42.7 Å². The molecule has 2 aromatic rings. The van der Waals surface area contributed by atoms with Crippen molar-refractivity contribution in [1.82, 2.24) is 20.5 Å². The number of nitrogens with one attached hydrogen (secondary N) is 2. The number of H-pyrrole nitrogens is 1. The molecule has 1 heterocycles. The molecule has 1 aromatic carbocycles. The van der Waals surface area contributed by atoms with Crippen molar-refractivity contribution in [2.45, 2.75) is 59.3 Å². The summed E-state index contributed by atoms with van der Waals surface area (Å²) in [5, 5.41) is 10.4. The van der Waals surface area contributed by atoms with E-state index < -0.39 is 0 Å². The summed E-state index contributed by atoms with van der Waals surface area (Å²) >= 11 is 0. The van der Waals surface area contributed by atoms with Gasteiger partial charge in [0.1, 0.15) is 5.82 Å². The van der Waals surface area contributed by atoms with Crippen molar-refractivity contribution >= 4 is 5.91 Å². The monoisotopic (exact) mass is 354 g/mol. The molecular weight excluding hydrogens is 324 g/mol. The van der Waals surface area contributed by atoms with Crippen molar-refractivity contribution in [2.75, 3.05) is 6.54 Å². The number of carbonyl (C=O) groups is 1. The van der Waals surface area contributed by atoms with E-state index >= 15 is 0 Å². The first-order valence-electron chi connectivity index (χ1n) is 9.79. The third kappa shape index (κ3) is 4.32. The summed E-state index contributed by atoms with van der Waals surface area (Å²) in [7, 11) is 0. The van der Waals surface area contributed by atoms with Crippen LogP contribution in [0.3, 0.4) is 0 Å². The number of aromatic amines is 1. The highest BCUT2D eigenvalue weighted by Gasteiger charge is 2.34. The number of hydrogen-bond acceptors (Lipinski definition) is 3. The number of unbranched alkanes of at least 4 members (excludes halogenated alkanes) is 1. The molecule has 26 heavy (non-hydrogen) atoms. The van der Waals surface area contributed by atoms with Crippen molar-refractivity contribution in [3.63, 3.8) is 0 Å². The smallest absolute Gasteiger partial charge is 0.251 e. The van der Waals surface area contributed by atoms with Gasteiger partial charge in [-0.3, -0.25) is 9.89 Å². The summed E-state index contributed by atoms with van der Waals surface area (Å²) in [6, 6.07) is 7.54. The average molecular weight is 354 g/mol. The van der Waals surface area contributed by atoms with Gasteiger partial charge in [-0.15, -0.1) is 0 Å². The number of aromatic nitrogens is 3. The molecule has 0 unspecified atom stereocenters. The summed E-state index contributed by atoms with van der Waals surface area (Å²) in [6.45, 7) is 7.53. The number of hydrogen-bond donors (Lipinski definition) is 2. The fourth-order valence-electron chi connectivity index (χ4n) is 3.75. The first kappa shape index (κ1) is 18.6. The Morgan fingerprint density at radius 3 is 2.73 bits per heavy atom. The molecule has 0 spiro atoms. The molecule has 1 aliphatic carbocycles. The van der Waals surface area contributed by atoms with Gasteiger partial charge in [0.15, 0.2) is 5.82 Å². The van der Waals surface area contributed by atoms with Crippen LogP contribution >= 0.6 is 0 Å². The van der Waals surface area contributed by atoms with E-state index in [1.807, 2.05) is 24.3 Å². The van der Waals surface area contributed by atoms with Crippen LogP contribution in [0.15, 0.2) is 24.3 Å². The summed E-state index contributed by atoms with van der Waals surface area (Å²) in [4.78, 5) is 17.0. The SMILES string of the molecule is CCCCc1nc(-c2ccc(C(=O)NC[C@@H]3CCCC3(C)C)cc2)n[nH]1. The highest BCUT2D eigenvalue weighted by Crippen LogP contribution is 2.42. The first-order valence-corrected chi connectivity index (χ1v) is 9.79. The van der Waals surface area contributed by atoms with Crippen LogP contribution in [0.4, 0.5) is 0 Å². The molecule has 0 aliphatic heterocycles. The molecule has 5 heteroatoms. The van der Waals surface area contributed by atoms with E-state index in [-0.39, 0.29) is 5.91 Å². The molecule has 3 rings (SSSR count). The highest BCUT2D eigenvalue weighted by atomic mass is 16.1. The van der Waals surface area contributed by atoms with Crippen LogP contribution in [0.25, 0.3) is 11.4 Å². The lowest BCUT2D eigenvalue weighted by atomic mass is 9.82. The van der Waals surface area contributed by atoms with Gasteiger partial charge in [0, 0.05) is 24.1 Å². The van der Waals surface area contributed by atoms with Gasteiger partial charge in [-0.2, -0.15) is 5.10 Å². The zero-order valence-electron chi connectivity index (χ0n) is 16.1. The third-order valence-corrected chi connectivity index (χ3v) is 5.69. The maximum absolute atomic E-state index is 12.4. The van der Waals surface area contributed by atoms with Crippen molar-refractivity contribution in [3.8, 4) is 11.4 Å². The maximum atomic E-state index is 12.4. The molecule has 1 amide bonds.